The standard InChI is InChI=1S/C16H18ClNO4S/c1-11-5-6-12(2)14(8-11)23(20,21)15(10-18-16(19)9-17)13-4-3-7-22-13/h3-8,15H,9-10H2,1-2H3,(H,18,19)/t15-/m1/s1. The third-order valence-electron chi connectivity index (χ3n) is 3.49. The van der Waals surface area contributed by atoms with Crippen molar-refractivity contribution in [1.82, 2.24) is 5.32 Å². The van der Waals surface area contributed by atoms with E-state index in [2.05, 4.69) is 5.32 Å². The van der Waals surface area contributed by atoms with Crippen LogP contribution in [0.2, 0.25) is 0 Å². The van der Waals surface area contributed by atoms with Gasteiger partial charge in [-0.2, -0.15) is 0 Å². The molecule has 1 aromatic carbocycles. The number of aryl methyl sites for hydroxylation is 2. The highest BCUT2D eigenvalue weighted by atomic mass is 35.5. The lowest BCUT2D eigenvalue weighted by atomic mass is 10.2. The maximum Gasteiger partial charge on any atom is 0.234 e. The molecule has 0 saturated heterocycles. The number of benzene rings is 1. The van der Waals surface area contributed by atoms with E-state index in [1.807, 2.05) is 13.0 Å². The maximum absolute atomic E-state index is 13.1. The number of alkyl halides is 1. The highest BCUT2D eigenvalue weighted by Gasteiger charge is 2.32. The molecule has 0 radical (unpaired) electrons. The molecule has 0 aliphatic rings. The average molecular weight is 356 g/mol. The molecule has 0 fully saturated rings. The van der Waals surface area contributed by atoms with Crippen LogP contribution in [0, 0.1) is 13.8 Å². The average Bonchev–Trinajstić information content (AvgIpc) is 3.03. The van der Waals surface area contributed by atoms with Gasteiger partial charge >= 0.3 is 0 Å². The van der Waals surface area contributed by atoms with Crippen molar-refractivity contribution in [3.8, 4) is 0 Å². The molecule has 1 aromatic heterocycles. The molecule has 0 saturated carbocycles. The topological polar surface area (TPSA) is 76.4 Å². The van der Waals surface area contributed by atoms with E-state index in [9.17, 15) is 13.2 Å². The summed E-state index contributed by atoms with van der Waals surface area (Å²) >= 11 is 5.45. The summed E-state index contributed by atoms with van der Waals surface area (Å²) < 4.78 is 31.4. The van der Waals surface area contributed by atoms with Crippen molar-refractivity contribution in [3.05, 3.63) is 53.5 Å². The molecule has 1 N–H and O–H groups in total. The highest BCUT2D eigenvalue weighted by molar-refractivity contribution is 7.91. The molecule has 1 heterocycles. The quantitative estimate of drug-likeness (QED) is 0.808. The Morgan fingerprint density at radius 1 is 1.30 bits per heavy atom. The van der Waals surface area contributed by atoms with Crippen molar-refractivity contribution in [2.24, 2.45) is 0 Å². The zero-order valence-electron chi connectivity index (χ0n) is 12.9. The molecule has 124 valence electrons. The minimum atomic E-state index is -3.73. The summed E-state index contributed by atoms with van der Waals surface area (Å²) in [5.41, 5.74) is 1.49. The van der Waals surface area contributed by atoms with E-state index in [0.717, 1.165) is 5.56 Å². The van der Waals surface area contributed by atoms with Crippen molar-refractivity contribution in [1.29, 1.82) is 0 Å². The normalized spacial score (nSPS) is 12.8. The Hall–Kier alpha value is -1.79. The van der Waals surface area contributed by atoms with Crippen LogP contribution in [0.15, 0.2) is 45.9 Å². The number of hydrogen-bond acceptors (Lipinski definition) is 4. The SMILES string of the molecule is Cc1ccc(C)c(S(=O)(=O)[C@H](CNC(=O)CCl)c2ccco2)c1. The van der Waals surface area contributed by atoms with Crippen LogP contribution >= 0.6 is 11.6 Å². The number of furan rings is 1. The van der Waals surface area contributed by atoms with Crippen LogP contribution < -0.4 is 5.32 Å². The molecule has 0 bridgehead atoms. The fraction of sp³-hybridized carbons (Fsp3) is 0.312. The fourth-order valence-corrected chi connectivity index (χ4v) is 4.27. The number of amides is 1. The van der Waals surface area contributed by atoms with Gasteiger partial charge in [0, 0.05) is 6.54 Å². The van der Waals surface area contributed by atoms with Crippen LogP contribution in [0.1, 0.15) is 22.1 Å². The molecule has 0 unspecified atom stereocenters. The highest BCUT2D eigenvalue weighted by Crippen LogP contribution is 2.31. The Morgan fingerprint density at radius 3 is 2.65 bits per heavy atom. The van der Waals surface area contributed by atoms with Gasteiger partial charge in [-0.3, -0.25) is 4.79 Å². The van der Waals surface area contributed by atoms with Crippen molar-refractivity contribution >= 4 is 27.3 Å². The number of carbonyl (C=O) groups excluding carboxylic acids is 1. The molecule has 0 aliphatic carbocycles. The summed E-state index contributed by atoms with van der Waals surface area (Å²) in [6, 6.07) is 8.44. The number of halogens is 1. The number of carbonyl (C=O) groups is 1. The molecule has 1 atom stereocenters. The van der Waals surface area contributed by atoms with Gasteiger partial charge in [-0.05, 0) is 43.2 Å². The first-order valence-electron chi connectivity index (χ1n) is 7.03. The number of nitrogens with one attached hydrogen (secondary N) is 1. The smallest absolute Gasteiger partial charge is 0.234 e. The monoisotopic (exact) mass is 355 g/mol. The molecule has 2 rings (SSSR count). The maximum atomic E-state index is 13.1. The Labute approximate surface area is 140 Å². The van der Waals surface area contributed by atoms with Crippen LogP contribution in [0.3, 0.4) is 0 Å². The zero-order valence-corrected chi connectivity index (χ0v) is 14.4. The van der Waals surface area contributed by atoms with Gasteiger partial charge in [0.2, 0.25) is 5.91 Å². The minimum absolute atomic E-state index is 0.102. The second-order valence-corrected chi connectivity index (χ2v) is 7.62. The third kappa shape index (κ3) is 3.95. The Bertz CT molecular complexity index is 784. The largest absolute Gasteiger partial charge is 0.468 e. The molecule has 0 spiro atoms. The van der Waals surface area contributed by atoms with Crippen LogP contribution in [0.25, 0.3) is 0 Å². The van der Waals surface area contributed by atoms with E-state index >= 15 is 0 Å². The van der Waals surface area contributed by atoms with Crippen LogP contribution in [-0.4, -0.2) is 26.7 Å². The van der Waals surface area contributed by atoms with Gasteiger partial charge in [-0.25, -0.2) is 8.42 Å². The Kier molecular flexibility index (Phi) is 5.49. The molecular weight excluding hydrogens is 338 g/mol. The number of hydrogen-bond donors (Lipinski definition) is 1. The van der Waals surface area contributed by atoms with Crippen molar-refractivity contribution < 1.29 is 17.6 Å². The molecular formula is C16H18ClNO4S. The minimum Gasteiger partial charge on any atom is -0.468 e. The van der Waals surface area contributed by atoms with Gasteiger partial charge in [0.15, 0.2) is 9.84 Å². The third-order valence-corrected chi connectivity index (χ3v) is 5.93. The predicted molar refractivity (Wildman–Crippen MR) is 88.3 cm³/mol. The molecule has 5 nitrogen and oxygen atoms in total. The van der Waals surface area contributed by atoms with E-state index < -0.39 is 21.0 Å². The van der Waals surface area contributed by atoms with Gasteiger partial charge in [0.25, 0.3) is 0 Å². The van der Waals surface area contributed by atoms with Gasteiger partial charge in [0.05, 0.1) is 11.2 Å². The van der Waals surface area contributed by atoms with Gasteiger partial charge in [0.1, 0.15) is 16.9 Å². The summed E-state index contributed by atoms with van der Waals surface area (Å²) in [5, 5.41) is 1.51. The predicted octanol–water partition coefficient (Wildman–Crippen LogP) is 2.77. The van der Waals surface area contributed by atoms with Gasteiger partial charge < -0.3 is 9.73 Å². The van der Waals surface area contributed by atoms with Crippen molar-refractivity contribution in [2.75, 3.05) is 12.4 Å². The summed E-state index contributed by atoms with van der Waals surface area (Å²) in [6.45, 7) is 3.47. The van der Waals surface area contributed by atoms with Crippen LogP contribution in [-0.2, 0) is 14.6 Å². The van der Waals surface area contributed by atoms with Gasteiger partial charge in [-0.1, -0.05) is 12.1 Å². The number of rotatable bonds is 6. The number of sulfone groups is 1. The van der Waals surface area contributed by atoms with E-state index in [1.165, 1.54) is 6.26 Å². The summed E-state index contributed by atoms with van der Waals surface area (Å²) in [4.78, 5) is 11.6. The zero-order chi connectivity index (χ0) is 17.0. The summed E-state index contributed by atoms with van der Waals surface area (Å²) in [7, 11) is -3.73. The second-order valence-electron chi connectivity index (χ2n) is 5.26. The van der Waals surface area contributed by atoms with E-state index in [0.29, 0.717) is 5.56 Å². The first-order chi connectivity index (χ1) is 10.9. The van der Waals surface area contributed by atoms with E-state index in [-0.39, 0.29) is 23.1 Å². The van der Waals surface area contributed by atoms with Gasteiger partial charge in [-0.15, -0.1) is 11.6 Å². The van der Waals surface area contributed by atoms with Crippen molar-refractivity contribution in [2.45, 2.75) is 24.0 Å². The van der Waals surface area contributed by atoms with Crippen LogP contribution in [0.4, 0.5) is 0 Å². The first-order valence-corrected chi connectivity index (χ1v) is 9.11. The summed E-state index contributed by atoms with van der Waals surface area (Å²) in [6.07, 6.45) is 1.41. The van der Waals surface area contributed by atoms with E-state index in [4.69, 9.17) is 16.0 Å². The van der Waals surface area contributed by atoms with Crippen LogP contribution in [0.5, 0.6) is 0 Å². The van der Waals surface area contributed by atoms with Crippen molar-refractivity contribution in [3.63, 3.8) is 0 Å². The Morgan fingerprint density at radius 2 is 2.04 bits per heavy atom. The Balaban J connectivity index is 2.44. The lowest BCUT2D eigenvalue weighted by Gasteiger charge is -2.18. The lowest BCUT2D eigenvalue weighted by molar-refractivity contribution is -0.118. The fourth-order valence-electron chi connectivity index (χ4n) is 2.26. The first kappa shape index (κ1) is 17.6. The molecule has 0 aliphatic heterocycles. The molecule has 1 amide bonds. The molecule has 23 heavy (non-hydrogen) atoms. The molecule has 2 aromatic rings. The molecule has 7 heteroatoms. The lowest BCUT2D eigenvalue weighted by Crippen LogP contribution is -2.32. The summed E-state index contributed by atoms with van der Waals surface area (Å²) in [5.74, 6) is -0.380. The second kappa shape index (κ2) is 7.19. The van der Waals surface area contributed by atoms with E-state index in [1.54, 1.807) is 31.2 Å².